The largest absolute Gasteiger partial charge is 0.368 e. The number of nitro benzene ring substituents is 1. The standard InChI is InChI=1S/C25H17FN6O2/c26-18-11-9-16(10-12-18)24-21(15-31(30-24)19-6-2-1-3-7-19)23-14-22(28-25(27)29-23)17-5-4-8-20(13-17)32(33)34/h1-15H,(H2,27,28,29). The van der Waals surface area contributed by atoms with E-state index in [1.165, 1.54) is 24.3 Å². The Balaban J connectivity index is 1.69. The summed E-state index contributed by atoms with van der Waals surface area (Å²) in [6, 6.07) is 23.4. The van der Waals surface area contributed by atoms with Crippen LogP contribution in [-0.2, 0) is 0 Å². The Morgan fingerprint density at radius 3 is 2.32 bits per heavy atom. The van der Waals surface area contributed by atoms with Crippen molar-refractivity contribution in [3.05, 3.63) is 107 Å². The second-order valence-electron chi connectivity index (χ2n) is 7.48. The summed E-state index contributed by atoms with van der Waals surface area (Å²) in [6.45, 7) is 0. The summed E-state index contributed by atoms with van der Waals surface area (Å²) in [5, 5.41) is 15.9. The predicted molar refractivity (Wildman–Crippen MR) is 126 cm³/mol. The molecule has 5 rings (SSSR count). The van der Waals surface area contributed by atoms with E-state index in [0.29, 0.717) is 33.8 Å². The van der Waals surface area contributed by atoms with E-state index < -0.39 is 4.92 Å². The fourth-order valence-corrected chi connectivity index (χ4v) is 3.63. The smallest absolute Gasteiger partial charge is 0.270 e. The number of hydrogen-bond donors (Lipinski definition) is 1. The van der Waals surface area contributed by atoms with Gasteiger partial charge in [-0.25, -0.2) is 19.0 Å². The van der Waals surface area contributed by atoms with E-state index in [9.17, 15) is 14.5 Å². The van der Waals surface area contributed by atoms with Crippen molar-refractivity contribution in [3.63, 3.8) is 0 Å². The lowest BCUT2D eigenvalue weighted by Gasteiger charge is -2.07. The van der Waals surface area contributed by atoms with Gasteiger partial charge in [0.2, 0.25) is 5.95 Å². The maximum atomic E-state index is 13.6. The van der Waals surface area contributed by atoms with Crippen LogP contribution in [0.15, 0.2) is 91.1 Å². The minimum atomic E-state index is -0.467. The Morgan fingerprint density at radius 1 is 0.853 bits per heavy atom. The predicted octanol–water partition coefficient (Wildman–Crippen LogP) is 5.29. The van der Waals surface area contributed by atoms with Gasteiger partial charge in [-0.3, -0.25) is 10.1 Å². The Hall–Kier alpha value is -4.92. The lowest BCUT2D eigenvalue weighted by Crippen LogP contribution is -1.99. The number of para-hydroxylation sites is 1. The number of halogens is 1. The Morgan fingerprint density at radius 2 is 1.59 bits per heavy atom. The molecule has 34 heavy (non-hydrogen) atoms. The van der Waals surface area contributed by atoms with Gasteiger partial charge in [0, 0.05) is 35.0 Å². The Kier molecular flexibility index (Phi) is 5.27. The van der Waals surface area contributed by atoms with E-state index in [1.54, 1.807) is 35.0 Å². The molecule has 0 amide bonds. The third-order valence-electron chi connectivity index (χ3n) is 5.22. The SMILES string of the molecule is Nc1nc(-c2cccc([N+](=O)[O-])c2)cc(-c2cn(-c3ccccc3)nc2-c2ccc(F)cc2)n1. The lowest BCUT2D eigenvalue weighted by molar-refractivity contribution is -0.384. The first kappa shape index (κ1) is 21.0. The molecule has 0 spiro atoms. The van der Waals surface area contributed by atoms with Gasteiger partial charge in [-0.2, -0.15) is 5.10 Å². The maximum Gasteiger partial charge on any atom is 0.270 e. The van der Waals surface area contributed by atoms with E-state index in [4.69, 9.17) is 10.8 Å². The first-order chi connectivity index (χ1) is 16.5. The van der Waals surface area contributed by atoms with Crippen LogP contribution in [0.1, 0.15) is 0 Å². The molecule has 0 atom stereocenters. The quantitative estimate of drug-likeness (QED) is 0.286. The van der Waals surface area contributed by atoms with Crippen LogP contribution < -0.4 is 5.73 Å². The van der Waals surface area contributed by atoms with E-state index >= 15 is 0 Å². The Labute approximate surface area is 193 Å². The first-order valence-corrected chi connectivity index (χ1v) is 10.3. The molecule has 9 heteroatoms. The minimum Gasteiger partial charge on any atom is -0.368 e. The number of benzene rings is 3. The van der Waals surface area contributed by atoms with Gasteiger partial charge in [-0.15, -0.1) is 0 Å². The number of nitrogens with two attached hydrogens (primary N) is 1. The van der Waals surface area contributed by atoms with Crippen molar-refractivity contribution in [2.24, 2.45) is 0 Å². The number of nitrogens with zero attached hydrogens (tertiary/aromatic N) is 5. The van der Waals surface area contributed by atoms with Crippen LogP contribution in [0, 0.1) is 15.9 Å². The van der Waals surface area contributed by atoms with Gasteiger partial charge in [0.1, 0.15) is 11.5 Å². The van der Waals surface area contributed by atoms with Gasteiger partial charge >= 0.3 is 0 Å². The summed E-state index contributed by atoms with van der Waals surface area (Å²) < 4.78 is 15.3. The van der Waals surface area contributed by atoms with Crippen molar-refractivity contribution < 1.29 is 9.31 Å². The minimum absolute atomic E-state index is 0.0107. The summed E-state index contributed by atoms with van der Waals surface area (Å²) >= 11 is 0. The zero-order chi connectivity index (χ0) is 23.7. The Bertz CT molecular complexity index is 1500. The molecule has 0 aliphatic carbocycles. The van der Waals surface area contributed by atoms with Crippen molar-refractivity contribution in [1.29, 1.82) is 0 Å². The highest BCUT2D eigenvalue weighted by atomic mass is 19.1. The number of anilines is 1. The third kappa shape index (κ3) is 4.09. The van der Waals surface area contributed by atoms with Gasteiger partial charge in [0.05, 0.1) is 22.0 Å². The number of hydrogen-bond acceptors (Lipinski definition) is 6. The second kappa shape index (κ2) is 8.55. The van der Waals surface area contributed by atoms with Crippen LogP contribution in [0.3, 0.4) is 0 Å². The molecular weight excluding hydrogens is 435 g/mol. The lowest BCUT2D eigenvalue weighted by atomic mass is 10.0. The maximum absolute atomic E-state index is 13.6. The zero-order valence-electron chi connectivity index (χ0n) is 17.7. The van der Waals surface area contributed by atoms with E-state index in [2.05, 4.69) is 9.97 Å². The highest BCUT2D eigenvalue weighted by Crippen LogP contribution is 2.33. The van der Waals surface area contributed by atoms with Gasteiger partial charge < -0.3 is 5.73 Å². The molecule has 5 aromatic rings. The molecule has 0 aliphatic rings. The van der Waals surface area contributed by atoms with Gasteiger partial charge in [-0.1, -0.05) is 30.3 Å². The molecule has 0 saturated carbocycles. The molecule has 3 aromatic carbocycles. The summed E-state index contributed by atoms with van der Waals surface area (Å²) in [6.07, 6.45) is 1.81. The summed E-state index contributed by atoms with van der Waals surface area (Å²) in [7, 11) is 0. The molecule has 166 valence electrons. The van der Waals surface area contributed by atoms with E-state index in [0.717, 1.165) is 5.69 Å². The van der Waals surface area contributed by atoms with Crippen LogP contribution in [0.2, 0.25) is 0 Å². The summed E-state index contributed by atoms with van der Waals surface area (Å²) in [5.41, 5.74) is 10.2. The number of aromatic nitrogens is 4. The molecule has 0 aliphatic heterocycles. The van der Waals surface area contributed by atoms with Crippen LogP contribution in [0.4, 0.5) is 16.0 Å². The van der Waals surface area contributed by atoms with Gasteiger partial charge in [0.15, 0.2) is 0 Å². The first-order valence-electron chi connectivity index (χ1n) is 10.3. The van der Waals surface area contributed by atoms with Gasteiger partial charge in [-0.05, 0) is 42.5 Å². The van der Waals surface area contributed by atoms with Crippen molar-refractivity contribution >= 4 is 11.6 Å². The molecule has 0 unspecified atom stereocenters. The average Bonchev–Trinajstić information content (AvgIpc) is 3.30. The van der Waals surface area contributed by atoms with Crippen LogP contribution in [0.5, 0.6) is 0 Å². The van der Waals surface area contributed by atoms with Crippen LogP contribution >= 0.6 is 0 Å². The highest BCUT2D eigenvalue weighted by molar-refractivity contribution is 5.81. The monoisotopic (exact) mass is 452 g/mol. The fourth-order valence-electron chi connectivity index (χ4n) is 3.63. The molecule has 0 fully saturated rings. The molecular formula is C25H17FN6O2. The van der Waals surface area contributed by atoms with E-state index in [-0.39, 0.29) is 17.5 Å². The van der Waals surface area contributed by atoms with Crippen LogP contribution in [-0.4, -0.2) is 24.7 Å². The van der Waals surface area contributed by atoms with Crippen LogP contribution in [0.25, 0.3) is 39.5 Å². The average molecular weight is 452 g/mol. The fraction of sp³-hybridized carbons (Fsp3) is 0. The highest BCUT2D eigenvalue weighted by Gasteiger charge is 2.18. The van der Waals surface area contributed by atoms with Crippen molar-refractivity contribution in [3.8, 4) is 39.5 Å². The second-order valence-corrected chi connectivity index (χ2v) is 7.48. The normalized spacial score (nSPS) is 10.9. The number of nitro groups is 1. The molecule has 8 nitrogen and oxygen atoms in total. The topological polar surface area (TPSA) is 113 Å². The summed E-state index contributed by atoms with van der Waals surface area (Å²) in [5.74, 6) is -0.344. The molecule has 0 radical (unpaired) electrons. The van der Waals surface area contributed by atoms with Crippen molar-refractivity contribution in [2.45, 2.75) is 0 Å². The van der Waals surface area contributed by atoms with Gasteiger partial charge in [0.25, 0.3) is 5.69 Å². The summed E-state index contributed by atoms with van der Waals surface area (Å²) in [4.78, 5) is 19.4. The third-order valence-corrected chi connectivity index (χ3v) is 5.22. The van der Waals surface area contributed by atoms with Crippen molar-refractivity contribution in [1.82, 2.24) is 19.7 Å². The zero-order valence-corrected chi connectivity index (χ0v) is 17.7. The van der Waals surface area contributed by atoms with Crippen molar-refractivity contribution in [2.75, 3.05) is 5.73 Å². The molecule has 2 N–H and O–H groups in total. The number of non-ortho nitro benzene ring substituents is 1. The molecule has 0 saturated heterocycles. The number of nitrogen functional groups attached to an aromatic ring is 1. The molecule has 2 heterocycles. The number of rotatable bonds is 5. The molecule has 2 aromatic heterocycles. The van der Waals surface area contributed by atoms with E-state index in [1.807, 2.05) is 36.5 Å². The molecule has 0 bridgehead atoms.